The normalized spacial score (nSPS) is 31.3. The second kappa shape index (κ2) is 9.22. The van der Waals surface area contributed by atoms with Gasteiger partial charge in [-0.2, -0.15) is 0 Å². The van der Waals surface area contributed by atoms with Crippen LogP contribution in [0.25, 0.3) is 0 Å². The molecule has 0 saturated carbocycles. The van der Waals surface area contributed by atoms with E-state index in [4.69, 9.17) is 0 Å². The molecule has 2 unspecified atom stereocenters. The zero-order valence-electron chi connectivity index (χ0n) is 19.3. The van der Waals surface area contributed by atoms with Gasteiger partial charge < -0.3 is 0 Å². The van der Waals surface area contributed by atoms with Crippen LogP contribution in [0.2, 0.25) is 0 Å². The number of hydrogen-bond donors (Lipinski definition) is 0. The van der Waals surface area contributed by atoms with Gasteiger partial charge in [0.15, 0.2) is 0 Å². The highest BCUT2D eigenvalue weighted by molar-refractivity contribution is 5.04. The van der Waals surface area contributed by atoms with Crippen LogP contribution in [0.5, 0.6) is 0 Å². The number of nitrogens with zero attached hydrogens (tertiary/aromatic N) is 3. The Labute approximate surface area is 180 Å². The van der Waals surface area contributed by atoms with Crippen LogP contribution in [-0.4, -0.2) is 84.9 Å². The van der Waals surface area contributed by atoms with Crippen molar-refractivity contribution in [3.8, 4) is 0 Å². The highest BCUT2D eigenvalue weighted by Gasteiger charge is 2.58. The minimum absolute atomic E-state index is 0.179. The van der Waals surface area contributed by atoms with Crippen molar-refractivity contribution in [1.82, 2.24) is 14.7 Å². The average Bonchev–Trinajstić information content (AvgIpc) is 2.64. The van der Waals surface area contributed by atoms with Crippen LogP contribution in [0, 0.1) is 17.3 Å². The predicted molar refractivity (Wildman–Crippen MR) is 113 cm³/mol. The Morgan fingerprint density at radius 1 is 0.833 bits per heavy atom. The van der Waals surface area contributed by atoms with E-state index in [9.17, 15) is 8.78 Å². The molecule has 30 heavy (non-hydrogen) atoms. The van der Waals surface area contributed by atoms with Crippen LogP contribution in [0.1, 0.15) is 59.8 Å². The Balaban J connectivity index is 1.58. The summed E-state index contributed by atoms with van der Waals surface area (Å²) in [6.45, 7) is 11.4. The van der Waals surface area contributed by atoms with Crippen molar-refractivity contribution in [1.29, 1.82) is 0 Å². The molecule has 0 aromatic heterocycles. The van der Waals surface area contributed by atoms with Crippen LogP contribution < -0.4 is 0 Å². The fourth-order valence-electron chi connectivity index (χ4n) is 5.81. The second-order valence-corrected chi connectivity index (χ2v) is 10.7. The molecule has 0 aromatic rings. The molecule has 3 nitrogen and oxygen atoms in total. The lowest BCUT2D eigenvalue weighted by Crippen LogP contribution is -2.64. The summed E-state index contributed by atoms with van der Waals surface area (Å²) in [6.07, 6.45) is 2.56. The Morgan fingerprint density at radius 3 is 1.97 bits per heavy atom. The number of likely N-dealkylation sites (tertiary alicyclic amines) is 3. The molecule has 3 rings (SSSR count). The van der Waals surface area contributed by atoms with E-state index in [1.165, 1.54) is 0 Å². The standard InChI is InChI=1S/C23H41F4N3/c1-5-19(4)15-29-11-7-21(23(26,27)17-29)8-12-30(13-9-21)20-6-10-28(14-18(2)3)16-22(20,24)25/h18-20H,5-17H2,1-4H3. The van der Waals surface area contributed by atoms with E-state index in [-0.39, 0.29) is 13.1 Å². The first-order valence-electron chi connectivity index (χ1n) is 11.9. The van der Waals surface area contributed by atoms with Gasteiger partial charge in [0.1, 0.15) is 0 Å². The molecule has 3 saturated heterocycles. The molecule has 7 heteroatoms. The Bertz CT molecular complexity index is 561. The van der Waals surface area contributed by atoms with Gasteiger partial charge >= 0.3 is 0 Å². The molecule has 3 aliphatic rings. The predicted octanol–water partition coefficient (Wildman–Crippen LogP) is 4.82. The van der Waals surface area contributed by atoms with Crippen molar-refractivity contribution in [3.05, 3.63) is 0 Å². The zero-order valence-corrected chi connectivity index (χ0v) is 19.3. The lowest BCUT2D eigenvalue weighted by molar-refractivity contribution is -0.200. The molecule has 3 heterocycles. The first kappa shape index (κ1) is 24.2. The highest BCUT2D eigenvalue weighted by Crippen LogP contribution is 2.51. The van der Waals surface area contributed by atoms with E-state index in [2.05, 4.69) is 13.8 Å². The summed E-state index contributed by atoms with van der Waals surface area (Å²) < 4.78 is 60.3. The quantitative estimate of drug-likeness (QED) is 0.554. The second-order valence-electron chi connectivity index (χ2n) is 10.7. The Morgan fingerprint density at radius 2 is 1.43 bits per heavy atom. The van der Waals surface area contributed by atoms with Gasteiger partial charge in [0.25, 0.3) is 11.8 Å². The summed E-state index contributed by atoms with van der Waals surface area (Å²) in [7, 11) is 0. The molecular weight excluding hydrogens is 394 g/mol. The molecule has 0 N–H and O–H groups in total. The minimum atomic E-state index is -2.78. The molecular formula is C23H41F4N3. The topological polar surface area (TPSA) is 9.72 Å². The third kappa shape index (κ3) is 5.15. The van der Waals surface area contributed by atoms with Crippen LogP contribution in [0.3, 0.4) is 0 Å². The van der Waals surface area contributed by atoms with Crippen molar-refractivity contribution >= 4 is 0 Å². The van der Waals surface area contributed by atoms with Crippen LogP contribution in [0.4, 0.5) is 17.6 Å². The Hall–Kier alpha value is -0.400. The van der Waals surface area contributed by atoms with Crippen molar-refractivity contribution < 1.29 is 17.6 Å². The van der Waals surface area contributed by atoms with Crippen LogP contribution in [-0.2, 0) is 0 Å². The number of rotatable bonds is 6. The van der Waals surface area contributed by atoms with Gasteiger partial charge in [-0.25, -0.2) is 17.6 Å². The van der Waals surface area contributed by atoms with E-state index >= 15 is 8.78 Å². The van der Waals surface area contributed by atoms with Gasteiger partial charge in [0.05, 0.1) is 19.1 Å². The monoisotopic (exact) mass is 435 g/mol. The SMILES string of the molecule is CCC(C)CN1CCC2(CCN(C3CCN(CC(C)C)CC3(F)F)CC2)C(F)(F)C1. The summed E-state index contributed by atoms with van der Waals surface area (Å²) >= 11 is 0. The van der Waals surface area contributed by atoms with Crippen molar-refractivity contribution in [2.45, 2.75) is 77.7 Å². The number of halogens is 4. The maximum Gasteiger partial charge on any atom is 0.275 e. The maximum atomic E-state index is 15.2. The highest BCUT2D eigenvalue weighted by atomic mass is 19.3. The van der Waals surface area contributed by atoms with E-state index in [1.807, 2.05) is 28.5 Å². The first-order chi connectivity index (χ1) is 14.0. The van der Waals surface area contributed by atoms with Gasteiger partial charge in [-0.05, 0) is 57.2 Å². The van der Waals surface area contributed by atoms with Crippen molar-refractivity contribution in [2.24, 2.45) is 17.3 Å². The van der Waals surface area contributed by atoms with Gasteiger partial charge in [0, 0.05) is 25.0 Å². The van der Waals surface area contributed by atoms with Gasteiger partial charge in [-0.1, -0.05) is 34.1 Å². The molecule has 1 spiro atoms. The molecule has 3 fully saturated rings. The maximum absolute atomic E-state index is 15.2. The smallest absolute Gasteiger partial charge is 0.275 e. The molecule has 0 radical (unpaired) electrons. The van der Waals surface area contributed by atoms with E-state index in [1.54, 1.807) is 0 Å². The summed E-state index contributed by atoms with van der Waals surface area (Å²) in [5, 5.41) is 0. The summed E-state index contributed by atoms with van der Waals surface area (Å²) in [5.41, 5.74) is -1.01. The third-order valence-electron chi connectivity index (χ3n) is 7.83. The van der Waals surface area contributed by atoms with Gasteiger partial charge in [0.2, 0.25) is 0 Å². The van der Waals surface area contributed by atoms with E-state index < -0.39 is 23.3 Å². The lowest BCUT2D eigenvalue weighted by Gasteiger charge is -2.53. The number of hydrogen-bond acceptors (Lipinski definition) is 3. The lowest BCUT2D eigenvalue weighted by atomic mass is 9.68. The van der Waals surface area contributed by atoms with Crippen LogP contribution >= 0.6 is 0 Å². The van der Waals surface area contributed by atoms with Crippen molar-refractivity contribution in [2.75, 3.05) is 52.4 Å². The largest absolute Gasteiger partial charge is 0.297 e. The van der Waals surface area contributed by atoms with Gasteiger partial charge in [-0.3, -0.25) is 14.7 Å². The molecule has 2 atom stereocenters. The number of piperidine rings is 3. The fourth-order valence-corrected chi connectivity index (χ4v) is 5.81. The van der Waals surface area contributed by atoms with E-state index in [0.717, 1.165) is 13.0 Å². The Kier molecular flexibility index (Phi) is 7.45. The third-order valence-corrected chi connectivity index (χ3v) is 7.83. The summed E-state index contributed by atoms with van der Waals surface area (Å²) in [6, 6.07) is -0.808. The first-order valence-corrected chi connectivity index (χ1v) is 11.9. The zero-order chi connectivity index (χ0) is 22.2. The number of alkyl halides is 4. The molecule has 3 aliphatic heterocycles. The summed E-state index contributed by atoms with van der Waals surface area (Å²) in [5.74, 6) is -4.74. The fraction of sp³-hybridized carbons (Fsp3) is 1.00. The molecule has 0 bridgehead atoms. The van der Waals surface area contributed by atoms with E-state index in [0.29, 0.717) is 70.2 Å². The summed E-state index contributed by atoms with van der Waals surface area (Å²) in [4.78, 5) is 5.58. The van der Waals surface area contributed by atoms with Crippen LogP contribution in [0.15, 0.2) is 0 Å². The molecule has 0 aliphatic carbocycles. The molecule has 0 aromatic carbocycles. The minimum Gasteiger partial charge on any atom is -0.297 e. The molecule has 0 amide bonds. The van der Waals surface area contributed by atoms with Crippen molar-refractivity contribution in [3.63, 3.8) is 0 Å². The molecule has 176 valence electrons. The van der Waals surface area contributed by atoms with Gasteiger partial charge in [-0.15, -0.1) is 0 Å². The average molecular weight is 436 g/mol.